The molecule has 0 rings (SSSR count). The Hall–Kier alpha value is -1.23. The Kier molecular flexibility index (Phi) is 23.1. The minimum Gasteiger partial charge on any atom is -0.463 e. The molecular weight excluding hydrogens is 378 g/mol. The molecule has 0 aliphatic carbocycles. The predicted molar refractivity (Wildman–Crippen MR) is 126 cm³/mol. The van der Waals surface area contributed by atoms with E-state index in [0.29, 0.717) is 13.0 Å². The SMILES string of the molecule is CCCCCCCCC=CCCCCCCCC(=O)OCC(COCCCC)N=O. The van der Waals surface area contributed by atoms with Crippen molar-refractivity contribution in [2.45, 2.75) is 123 Å². The van der Waals surface area contributed by atoms with E-state index < -0.39 is 6.04 Å². The van der Waals surface area contributed by atoms with Crippen molar-refractivity contribution in [3.05, 3.63) is 17.1 Å². The number of ether oxygens (including phenoxy) is 2. The second kappa shape index (κ2) is 24.0. The molecule has 0 amide bonds. The van der Waals surface area contributed by atoms with E-state index in [4.69, 9.17) is 9.47 Å². The lowest BCUT2D eigenvalue weighted by Crippen LogP contribution is -2.22. The molecule has 0 saturated heterocycles. The molecule has 0 saturated carbocycles. The van der Waals surface area contributed by atoms with Crippen LogP contribution in [0.1, 0.15) is 117 Å². The lowest BCUT2D eigenvalue weighted by atomic mass is 10.1. The molecule has 0 fully saturated rings. The quantitative estimate of drug-likeness (QED) is 0.0735. The molecule has 1 atom stereocenters. The molecule has 0 aromatic heterocycles. The fraction of sp³-hybridized carbons (Fsp3) is 0.880. The molecule has 0 aliphatic heterocycles. The molecule has 0 radical (unpaired) electrons. The molecule has 0 aromatic carbocycles. The van der Waals surface area contributed by atoms with Crippen LogP contribution >= 0.6 is 0 Å². The molecule has 176 valence electrons. The summed E-state index contributed by atoms with van der Waals surface area (Å²) in [7, 11) is 0. The van der Waals surface area contributed by atoms with Gasteiger partial charge in [0.05, 0.1) is 6.61 Å². The molecule has 5 heteroatoms. The van der Waals surface area contributed by atoms with Crippen LogP contribution in [0.15, 0.2) is 17.3 Å². The van der Waals surface area contributed by atoms with E-state index in [0.717, 1.165) is 38.5 Å². The highest BCUT2D eigenvalue weighted by Crippen LogP contribution is 2.10. The Bertz CT molecular complexity index is 412. The van der Waals surface area contributed by atoms with Gasteiger partial charge in [-0.05, 0) is 38.5 Å². The Labute approximate surface area is 185 Å². The van der Waals surface area contributed by atoms with Gasteiger partial charge >= 0.3 is 5.97 Å². The highest BCUT2D eigenvalue weighted by molar-refractivity contribution is 5.69. The molecule has 0 aliphatic rings. The lowest BCUT2D eigenvalue weighted by molar-refractivity contribution is -0.144. The number of nitrogens with zero attached hydrogens (tertiary/aromatic N) is 1. The first-order valence-electron chi connectivity index (χ1n) is 12.4. The van der Waals surface area contributed by atoms with Crippen molar-refractivity contribution in [3.63, 3.8) is 0 Å². The third kappa shape index (κ3) is 21.5. The Morgan fingerprint density at radius 2 is 1.33 bits per heavy atom. The third-order valence-corrected chi connectivity index (χ3v) is 5.18. The van der Waals surface area contributed by atoms with Crippen LogP contribution in [0.5, 0.6) is 0 Å². The summed E-state index contributed by atoms with van der Waals surface area (Å²) in [6.07, 6.45) is 23.1. The van der Waals surface area contributed by atoms with Crippen molar-refractivity contribution in [2.75, 3.05) is 19.8 Å². The summed E-state index contributed by atoms with van der Waals surface area (Å²) < 4.78 is 10.5. The second-order valence-corrected chi connectivity index (χ2v) is 8.21. The van der Waals surface area contributed by atoms with Gasteiger partial charge in [-0.1, -0.05) is 89.0 Å². The zero-order chi connectivity index (χ0) is 22.1. The normalized spacial score (nSPS) is 12.3. The predicted octanol–water partition coefficient (Wildman–Crippen LogP) is 7.52. The number of hydrogen-bond donors (Lipinski definition) is 0. The molecule has 0 heterocycles. The number of hydrogen-bond acceptors (Lipinski definition) is 5. The minimum atomic E-state index is -0.597. The number of carbonyl (C=O) groups is 1. The Morgan fingerprint density at radius 3 is 1.93 bits per heavy atom. The maximum atomic E-state index is 11.8. The van der Waals surface area contributed by atoms with Crippen molar-refractivity contribution < 1.29 is 14.3 Å². The Morgan fingerprint density at radius 1 is 0.767 bits per heavy atom. The fourth-order valence-corrected chi connectivity index (χ4v) is 3.18. The van der Waals surface area contributed by atoms with Gasteiger partial charge in [0.25, 0.3) is 0 Å². The first-order chi connectivity index (χ1) is 14.7. The molecule has 5 nitrogen and oxygen atoms in total. The molecule has 1 unspecified atom stereocenters. The topological polar surface area (TPSA) is 65.0 Å². The van der Waals surface area contributed by atoms with Crippen LogP contribution in [0, 0.1) is 4.91 Å². The van der Waals surface area contributed by atoms with Gasteiger partial charge in [-0.2, -0.15) is 4.91 Å². The molecular formula is C25H47NO4. The van der Waals surface area contributed by atoms with Crippen LogP contribution in [0.4, 0.5) is 0 Å². The fourth-order valence-electron chi connectivity index (χ4n) is 3.18. The zero-order valence-corrected chi connectivity index (χ0v) is 19.7. The van der Waals surface area contributed by atoms with Crippen molar-refractivity contribution in [3.8, 4) is 0 Å². The van der Waals surface area contributed by atoms with Crippen molar-refractivity contribution in [1.82, 2.24) is 0 Å². The second-order valence-electron chi connectivity index (χ2n) is 8.21. The van der Waals surface area contributed by atoms with Gasteiger partial charge in [0.1, 0.15) is 12.6 Å². The molecule has 30 heavy (non-hydrogen) atoms. The highest BCUT2D eigenvalue weighted by atomic mass is 16.5. The highest BCUT2D eigenvalue weighted by Gasteiger charge is 2.12. The average Bonchev–Trinajstić information content (AvgIpc) is 2.76. The van der Waals surface area contributed by atoms with Gasteiger partial charge in [-0.3, -0.25) is 4.79 Å². The van der Waals surface area contributed by atoms with Crippen molar-refractivity contribution in [1.29, 1.82) is 0 Å². The van der Waals surface area contributed by atoms with Gasteiger partial charge in [-0.25, -0.2) is 0 Å². The van der Waals surface area contributed by atoms with Crippen LogP contribution in [-0.2, 0) is 14.3 Å². The summed E-state index contributed by atoms with van der Waals surface area (Å²) in [6.45, 7) is 5.21. The average molecular weight is 426 g/mol. The Balaban J connectivity index is 3.41. The molecule has 0 N–H and O–H groups in total. The number of unbranched alkanes of at least 4 members (excludes halogenated alkanes) is 12. The standard InChI is InChI=1S/C25H47NO4/c1-3-5-7-8-9-10-11-12-13-14-15-16-17-18-19-20-25(27)30-23-24(26-28)22-29-21-6-4-2/h12-13,24H,3-11,14-23H2,1-2H3. The summed E-state index contributed by atoms with van der Waals surface area (Å²) in [5.74, 6) is -0.241. The zero-order valence-electron chi connectivity index (χ0n) is 19.7. The third-order valence-electron chi connectivity index (χ3n) is 5.18. The number of rotatable bonds is 23. The molecule has 0 aromatic rings. The van der Waals surface area contributed by atoms with Crippen LogP contribution < -0.4 is 0 Å². The van der Waals surface area contributed by atoms with Crippen LogP contribution in [0.25, 0.3) is 0 Å². The summed E-state index contributed by atoms with van der Waals surface area (Å²) in [4.78, 5) is 22.5. The number of allylic oxidation sites excluding steroid dienone is 2. The van der Waals surface area contributed by atoms with Crippen molar-refractivity contribution in [2.24, 2.45) is 5.18 Å². The number of carbonyl (C=O) groups excluding carboxylic acids is 1. The van der Waals surface area contributed by atoms with E-state index >= 15 is 0 Å². The van der Waals surface area contributed by atoms with Crippen LogP contribution in [0.3, 0.4) is 0 Å². The van der Waals surface area contributed by atoms with Gasteiger partial charge in [0, 0.05) is 13.0 Å². The first kappa shape index (κ1) is 28.8. The van der Waals surface area contributed by atoms with Crippen molar-refractivity contribution >= 4 is 5.97 Å². The van der Waals surface area contributed by atoms with E-state index in [2.05, 4.69) is 31.2 Å². The van der Waals surface area contributed by atoms with Crippen LogP contribution in [0.2, 0.25) is 0 Å². The maximum absolute atomic E-state index is 11.8. The first-order valence-corrected chi connectivity index (χ1v) is 12.4. The largest absolute Gasteiger partial charge is 0.463 e. The summed E-state index contributed by atoms with van der Waals surface area (Å²) in [6, 6.07) is -0.597. The smallest absolute Gasteiger partial charge is 0.305 e. The number of esters is 1. The van der Waals surface area contributed by atoms with Gasteiger partial charge in [-0.15, -0.1) is 0 Å². The number of nitroso groups, excluding NO2 is 1. The van der Waals surface area contributed by atoms with E-state index in [1.54, 1.807) is 0 Å². The van der Waals surface area contributed by atoms with Gasteiger partial charge < -0.3 is 9.47 Å². The lowest BCUT2D eigenvalue weighted by Gasteiger charge is -2.10. The van der Waals surface area contributed by atoms with Gasteiger partial charge in [0.15, 0.2) is 0 Å². The van der Waals surface area contributed by atoms with E-state index in [9.17, 15) is 9.70 Å². The summed E-state index contributed by atoms with van der Waals surface area (Å²) in [5.41, 5.74) is 0. The maximum Gasteiger partial charge on any atom is 0.305 e. The van der Waals surface area contributed by atoms with E-state index in [1.165, 1.54) is 57.8 Å². The summed E-state index contributed by atoms with van der Waals surface area (Å²) in [5, 5.41) is 2.98. The monoisotopic (exact) mass is 425 g/mol. The minimum absolute atomic E-state index is 0.0273. The molecule has 0 bridgehead atoms. The van der Waals surface area contributed by atoms with Gasteiger partial charge in [0.2, 0.25) is 0 Å². The van der Waals surface area contributed by atoms with Crippen LogP contribution in [-0.4, -0.2) is 31.8 Å². The molecule has 0 spiro atoms. The van der Waals surface area contributed by atoms with E-state index in [-0.39, 0.29) is 19.2 Å². The summed E-state index contributed by atoms with van der Waals surface area (Å²) >= 11 is 0. The van der Waals surface area contributed by atoms with E-state index in [1.807, 2.05) is 0 Å².